The van der Waals surface area contributed by atoms with Gasteiger partial charge in [0.05, 0.1) is 6.42 Å². The van der Waals surface area contributed by atoms with Crippen LogP contribution in [-0.2, 0) is 9.59 Å². The second-order valence-electron chi connectivity index (χ2n) is 5.05. The first-order valence-electron chi connectivity index (χ1n) is 6.31. The number of anilines is 1. The molecule has 3 rings (SSSR count). The molecule has 0 aromatic carbocycles. The number of halogens is 1. The number of imide groups is 1. The van der Waals surface area contributed by atoms with Crippen molar-refractivity contribution in [3.05, 3.63) is 22.3 Å². The standard InChI is InChI=1S/C13H14BrN3O2/c1-7-4-11(15-6-9(7)14)16-10-5-12(18)17(13(10)19)8-2-3-8/h4,6,8,10H,2-3,5H2,1H3,(H,15,16). The van der Waals surface area contributed by atoms with Crippen LogP contribution in [-0.4, -0.2) is 33.8 Å². The molecule has 1 aromatic heterocycles. The molecule has 6 heteroatoms. The largest absolute Gasteiger partial charge is 0.358 e. The molecule has 1 saturated heterocycles. The number of carbonyl (C=O) groups is 2. The normalized spacial score (nSPS) is 23.1. The number of nitrogens with one attached hydrogen (secondary N) is 1. The number of carbonyl (C=O) groups excluding carboxylic acids is 2. The molecule has 2 fully saturated rings. The molecule has 2 heterocycles. The van der Waals surface area contributed by atoms with Crippen LogP contribution in [0.3, 0.4) is 0 Å². The average Bonchev–Trinajstić information content (AvgIpc) is 3.13. The van der Waals surface area contributed by atoms with Gasteiger partial charge in [-0.15, -0.1) is 0 Å². The fourth-order valence-corrected chi connectivity index (χ4v) is 2.49. The van der Waals surface area contributed by atoms with E-state index < -0.39 is 6.04 Å². The fourth-order valence-electron chi connectivity index (χ4n) is 2.28. The molecule has 2 aliphatic rings. The van der Waals surface area contributed by atoms with Crippen LogP contribution in [0.25, 0.3) is 0 Å². The Balaban J connectivity index is 1.74. The first-order valence-corrected chi connectivity index (χ1v) is 7.10. The zero-order valence-electron chi connectivity index (χ0n) is 10.5. The van der Waals surface area contributed by atoms with Gasteiger partial charge in [-0.3, -0.25) is 14.5 Å². The molecule has 0 radical (unpaired) electrons. The Morgan fingerprint density at radius 3 is 2.79 bits per heavy atom. The number of amides is 2. The minimum atomic E-state index is -0.471. The van der Waals surface area contributed by atoms with Crippen molar-refractivity contribution in [2.75, 3.05) is 5.32 Å². The van der Waals surface area contributed by atoms with Gasteiger partial charge in [0.2, 0.25) is 5.91 Å². The Hall–Kier alpha value is -1.43. The Labute approximate surface area is 119 Å². The number of rotatable bonds is 3. The Morgan fingerprint density at radius 2 is 2.16 bits per heavy atom. The lowest BCUT2D eigenvalue weighted by Gasteiger charge is -2.15. The number of likely N-dealkylation sites (tertiary alicyclic amines) is 1. The highest BCUT2D eigenvalue weighted by atomic mass is 79.9. The molecule has 100 valence electrons. The molecule has 19 heavy (non-hydrogen) atoms. The predicted molar refractivity (Wildman–Crippen MR) is 73.6 cm³/mol. The number of hydrogen-bond acceptors (Lipinski definition) is 4. The summed E-state index contributed by atoms with van der Waals surface area (Å²) in [7, 11) is 0. The molecular weight excluding hydrogens is 310 g/mol. The third-order valence-corrected chi connectivity index (χ3v) is 4.29. The van der Waals surface area contributed by atoms with Gasteiger partial charge in [0.1, 0.15) is 11.9 Å². The smallest absolute Gasteiger partial charge is 0.252 e. The van der Waals surface area contributed by atoms with Crippen LogP contribution in [0.4, 0.5) is 5.82 Å². The Bertz CT molecular complexity index is 557. The van der Waals surface area contributed by atoms with E-state index >= 15 is 0 Å². The van der Waals surface area contributed by atoms with Crippen LogP contribution >= 0.6 is 15.9 Å². The molecule has 1 aromatic rings. The van der Waals surface area contributed by atoms with E-state index in [1.54, 1.807) is 6.20 Å². The molecule has 2 amide bonds. The highest BCUT2D eigenvalue weighted by Crippen LogP contribution is 2.32. The van der Waals surface area contributed by atoms with Gasteiger partial charge in [-0.2, -0.15) is 0 Å². The molecule has 1 atom stereocenters. The van der Waals surface area contributed by atoms with E-state index in [0.29, 0.717) is 5.82 Å². The predicted octanol–water partition coefficient (Wildman–Crippen LogP) is 1.85. The van der Waals surface area contributed by atoms with E-state index in [1.807, 2.05) is 13.0 Å². The molecule has 0 spiro atoms. The number of pyridine rings is 1. The van der Waals surface area contributed by atoms with Crippen molar-refractivity contribution in [2.24, 2.45) is 0 Å². The highest BCUT2D eigenvalue weighted by Gasteiger charge is 2.46. The van der Waals surface area contributed by atoms with E-state index in [9.17, 15) is 9.59 Å². The van der Waals surface area contributed by atoms with Gasteiger partial charge >= 0.3 is 0 Å². The molecule has 5 nitrogen and oxygen atoms in total. The first kappa shape index (κ1) is 12.6. The lowest BCUT2D eigenvalue weighted by Crippen LogP contribution is -2.36. The van der Waals surface area contributed by atoms with Crippen LogP contribution in [0.1, 0.15) is 24.8 Å². The maximum Gasteiger partial charge on any atom is 0.252 e. The zero-order valence-corrected chi connectivity index (χ0v) is 12.1. The third-order valence-electron chi connectivity index (χ3n) is 3.46. The maximum absolute atomic E-state index is 12.2. The van der Waals surface area contributed by atoms with Crippen LogP contribution < -0.4 is 5.32 Å². The van der Waals surface area contributed by atoms with Gasteiger partial charge in [-0.25, -0.2) is 4.98 Å². The van der Waals surface area contributed by atoms with Crippen LogP contribution in [0.5, 0.6) is 0 Å². The van der Waals surface area contributed by atoms with Crippen LogP contribution in [0.2, 0.25) is 0 Å². The zero-order chi connectivity index (χ0) is 13.6. The lowest BCUT2D eigenvalue weighted by molar-refractivity contribution is -0.139. The van der Waals surface area contributed by atoms with Crippen molar-refractivity contribution in [3.8, 4) is 0 Å². The fraction of sp³-hybridized carbons (Fsp3) is 0.462. The number of hydrogen-bond donors (Lipinski definition) is 1. The lowest BCUT2D eigenvalue weighted by atomic mass is 10.2. The summed E-state index contributed by atoms with van der Waals surface area (Å²) in [6.07, 6.45) is 3.81. The summed E-state index contributed by atoms with van der Waals surface area (Å²) in [5.74, 6) is 0.443. The van der Waals surface area contributed by atoms with E-state index in [0.717, 1.165) is 22.9 Å². The second kappa shape index (κ2) is 4.59. The number of aromatic nitrogens is 1. The second-order valence-corrected chi connectivity index (χ2v) is 5.91. The maximum atomic E-state index is 12.2. The van der Waals surface area contributed by atoms with Gasteiger partial charge < -0.3 is 5.32 Å². The van der Waals surface area contributed by atoms with Crippen molar-refractivity contribution in [3.63, 3.8) is 0 Å². The summed E-state index contributed by atoms with van der Waals surface area (Å²) in [5, 5.41) is 3.06. The average molecular weight is 324 g/mol. The first-order chi connectivity index (χ1) is 9.06. The summed E-state index contributed by atoms with van der Waals surface area (Å²) < 4.78 is 0.923. The van der Waals surface area contributed by atoms with Crippen molar-refractivity contribution in [1.82, 2.24) is 9.88 Å². The van der Waals surface area contributed by atoms with Gasteiger partial charge in [0.15, 0.2) is 0 Å². The van der Waals surface area contributed by atoms with Gasteiger partial charge in [-0.05, 0) is 47.3 Å². The van der Waals surface area contributed by atoms with Gasteiger partial charge in [-0.1, -0.05) is 0 Å². The van der Waals surface area contributed by atoms with E-state index in [4.69, 9.17) is 0 Å². The van der Waals surface area contributed by atoms with Crippen molar-refractivity contribution in [1.29, 1.82) is 0 Å². The topological polar surface area (TPSA) is 62.3 Å². The minimum absolute atomic E-state index is 0.0705. The monoisotopic (exact) mass is 323 g/mol. The summed E-state index contributed by atoms with van der Waals surface area (Å²) in [6.45, 7) is 1.95. The molecule has 0 bridgehead atoms. The third kappa shape index (κ3) is 2.36. The quantitative estimate of drug-likeness (QED) is 0.862. The molecule has 1 unspecified atom stereocenters. The van der Waals surface area contributed by atoms with E-state index in [-0.39, 0.29) is 24.3 Å². The molecule has 1 aliphatic heterocycles. The van der Waals surface area contributed by atoms with E-state index in [1.165, 1.54) is 4.90 Å². The summed E-state index contributed by atoms with van der Waals surface area (Å²) in [5.41, 5.74) is 1.04. The molecule has 1 saturated carbocycles. The summed E-state index contributed by atoms with van der Waals surface area (Å²) >= 11 is 3.38. The van der Waals surface area contributed by atoms with E-state index in [2.05, 4.69) is 26.2 Å². The van der Waals surface area contributed by atoms with Crippen LogP contribution in [0, 0.1) is 6.92 Å². The molecule has 1 N–H and O–H groups in total. The summed E-state index contributed by atoms with van der Waals surface area (Å²) in [4.78, 5) is 29.6. The Morgan fingerprint density at radius 1 is 1.42 bits per heavy atom. The SMILES string of the molecule is Cc1cc(NC2CC(=O)N(C3CC3)C2=O)ncc1Br. The number of aryl methyl sites for hydroxylation is 1. The Kier molecular flexibility index (Phi) is 3.05. The molecular formula is C13H14BrN3O2. The highest BCUT2D eigenvalue weighted by molar-refractivity contribution is 9.10. The van der Waals surface area contributed by atoms with Crippen molar-refractivity contribution >= 4 is 33.6 Å². The minimum Gasteiger partial charge on any atom is -0.358 e. The van der Waals surface area contributed by atoms with Gasteiger partial charge in [0.25, 0.3) is 5.91 Å². The molecule has 1 aliphatic carbocycles. The van der Waals surface area contributed by atoms with Crippen molar-refractivity contribution in [2.45, 2.75) is 38.3 Å². The van der Waals surface area contributed by atoms with Crippen molar-refractivity contribution < 1.29 is 9.59 Å². The number of nitrogens with zero attached hydrogens (tertiary/aromatic N) is 2. The van der Waals surface area contributed by atoms with Crippen LogP contribution in [0.15, 0.2) is 16.7 Å². The summed E-state index contributed by atoms with van der Waals surface area (Å²) in [6, 6.07) is 1.54. The van der Waals surface area contributed by atoms with Gasteiger partial charge in [0, 0.05) is 16.7 Å².